The third-order valence-electron chi connectivity index (χ3n) is 4.03. The fourth-order valence-corrected chi connectivity index (χ4v) is 3.43. The molecule has 9 heteroatoms. The first-order valence-corrected chi connectivity index (χ1v) is 9.57. The molecule has 1 heterocycles. The predicted octanol–water partition coefficient (Wildman–Crippen LogP) is 1.39. The summed E-state index contributed by atoms with van der Waals surface area (Å²) in [5, 5.41) is 23.9. The number of amidine groups is 1. The number of carboxylic acids is 1. The van der Waals surface area contributed by atoms with E-state index in [0.717, 1.165) is 17.3 Å². The van der Waals surface area contributed by atoms with Crippen LogP contribution < -0.4 is 15.7 Å². The molecular weight excluding hydrogens is 392 g/mol. The van der Waals surface area contributed by atoms with Crippen molar-refractivity contribution in [1.29, 1.82) is 0 Å². The summed E-state index contributed by atoms with van der Waals surface area (Å²) in [6.07, 6.45) is -0.0564. The van der Waals surface area contributed by atoms with Crippen LogP contribution in [0.3, 0.4) is 0 Å². The van der Waals surface area contributed by atoms with Crippen molar-refractivity contribution in [2.75, 3.05) is 5.32 Å². The summed E-state index contributed by atoms with van der Waals surface area (Å²) < 4.78 is 0. The van der Waals surface area contributed by atoms with Gasteiger partial charge in [-0.3, -0.25) is 9.59 Å². The van der Waals surface area contributed by atoms with Gasteiger partial charge >= 0.3 is 0 Å². The minimum absolute atomic E-state index is 0.0147. The van der Waals surface area contributed by atoms with E-state index < -0.39 is 11.2 Å². The Kier molecular flexibility index (Phi) is 6.40. The molecule has 3 rings (SSSR count). The number of carboxylic acid groups (broad SMARTS) is 1. The van der Waals surface area contributed by atoms with Gasteiger partial charge in [0, 0.05) is 12.1 Å². The number of nitrogens with one attached hydrogen (secondary N) is 2. The second-order valence-electron chi connectivity index (χ2n) is 6.17. The Bertz CT molecular complexity index is 987. The summed E-state index contributed by atoms with van der Waals surface area (Å²) >= 11 is 1.14. The van der Waals surface area contributed by atoms with E-state index in [1.165, 1.54) is 24.3 Å². The Morgan fingerprint density at radius 1 is 1.10 bits per heavy atom. The fraction of sp³-hybridized carbons (Fsp3) is 0.150. The SMILES string of the molecule is C/C(=N/N=C1\NC(=O)[C@H](CC(=O)Nc2ccc(C(=O)[O-])cc2)S1)c1ccccc1. The number of carbonyl (C=O) groups excluding carboxylic acids is 3. The molecule has 2 aromatic rings. The van der Waals surface area contributed by atoms with Crippen molar-refractivity contribution >= 4 is 46.1 Å². The highest BCUT2D eigenvalue weighted by Gasteiger charge is 2.32. The molecule has 1 atom stereocenters. The minimum atomic E-state index is -1.29. The highest BCUT2D eigenvalue weighted by molar-refractivity contribution is 8.15. The number of benzene rings is 2. The lowest BCUT2D eigenvalue weighted by atomic mass is 10.1. The van der Waals surface area contributed by atoms with Crippen LogP contribution in [0.2, 0.25) is 0 Å². The van der Waals surface area contributed by atoms with Gasteiger partial charge in [-0.15, -0.1) is 5.10 Å². The second-order valence-corrected chi connectivity index (χ2v) is 7.36. The van der Waals surface area contributed by atoms with Crippen LogP contribution in [0, 0.1) is 0 Å². The maximum absolute atomic E-state index is 12.2. The molecule has 0 radical (unpaired) electrons. The standard InChI is InChI=1S/C20H18N4O4S/c1-12(13-5-3-2-4-6-13)23-24-20-22-18(26)16(29-20)11-17(25)21-15-9-7-14(8-10-15)19(27)28/h2-10,16H,11H2,1H3,(H,21,25)(H,27,28)(H,22,24,26)/p-1/b23-12-/t16-/m0/s1. The van der Waals surface area contributed by atoms with Gasteiger partial charge in [-0.25, -0.2) is 0 Å². The second kappa shape index (κ2) is 9.16. The van der Waals surface area contributed by atoms with Crippen LogP contribution in [0.5, 0.6) is 0 Å². The van der Waals surface area contributed by atoms with Crippen molar-refractivity contribution in [2.45, 2.75) is 18.6 Å². The summed E-state index contributed by atoms with van der Waals surface area (Å²) in [6.45, 7) is 1.82. The van der Waals surface area contributed by atoms with Gasteiger partial charge < -0.3 is 20.5 Å². The van der Waals surface area contributed by atoms with Gasteiger partial charge in [0.05, 0.1) is 11.7 Å². The molecule has 0 spiro atoms. The Balaban J connectivity index is 1.57. The van der Waals surface area contributed by atoms with Crippen molar-refractivity contribution in [1.82, 2.24) is 5.32 Å². The summed E-state index contributed by atoms with van der Waals surface area (Å²) in [4.78, 5) is 35.0. The van der Waals surface area contributed by atoms with Crippen LogP contribution in [0.15, 0.2) is 64.8 Å². The van der Waals surface area contributed by atoms with Crippen LogP contribution in [0.1, 0.15) is 29.3 Å². The summed E-state index contributed by atoms with van der Waals surface area (Å²) in [6, 6.07) is 15.1. The van der Waals surface area contributed by atoms with Gasteiger partial charge in [-0.1, -0.05) is 54.2 Å². The lowest BCUT2D eigenvalue weighted by Gasteiger charge is -2.08. The van der Waals surface area contributed by atoms with E-state index in [9.17, 15) is 19.5 Å². The van der Waals surface area contributed by atoms with Gasteiger partial charge in [-0.2, -0.15) is 5.10 Å². The molecule has 0 bridgehead atoms. The number of rotatable bonds is 6. The first-order chi connectivity index (χ1) is 13.9. The molecule has 2 N–H and O–H groups in total. The van der Waals surface area contributed by atoms with Crippen molar-refractivity contribution in [3.05, 3.63) is 65.7 Å². The average molecular weight is 409 g/mol. The molecule has 0 saturated carbocycles. The molecule has 2 aromatic carbocycles. The quantitative estimate of drug-likeness (QED) is 0.551. The van der Waals surface area contributed by atoms with E-state index in [2.05, 4.69) is 20.8 Å². The third-order valence-corrected chi connectivity index (χ3v) is 5.11. The summed E-state index contributed by atoms with van der Waals surface area (Å²) in [5.74, 6) is -1.98. The maximum Gasteiger partial charge on any atom is 0.240 e. The Labute approximate surface area is 171 Å². The fourth-order valence-electron chi connectivity index (χ4n) is 2.51. The van der Waals surface area contributed by atoms with Crippen LogP contribution >= 0.6 is 11.8 Å². The molecular formula is C20H17N4O4S-. The molecule has 8 nitrogen and oxygen atoms in total. The minimum Gasteiger partial charge on any atom is -0.545 e. The van der Waals surface area contributed by atoms with Crippen LogP contribution in [0.4, 0.5) is 5.69 Å². The molecule has 0 aliphatic carbocycles. The highest BCUT2D eigenvalue weighted by atomic mass is 32.2. The number of nitrogens with zero attached hydrogens (tertiary/aromatic N) is 2. The number of aromatic carboxylic acids is 1. The number of hydrogen-bond donors (Lipinski definition) is 2. The molecule has 0 aromatic heterocycles. The molecule has 29 heavy (non-hydrogen) atoms. The number of amides is 2. The lowest BCUT2D eigenvalue weighted by molar-refractivity contribution is -0.255. The largest absolute Gasteiger partial charge is 0.545 e. The van der Waals surface area contributed by atoms with Crippen LogP contribution in [-0.2, 0) is 9.59 Å². The zero-order valence-corrected chi connectivity index (χ0v) is 16.2. The van der Waals surface area contributed by atoms with Crippen molar-refractivity contribution in [3.8, 4) is 0 Å². The van der Waals surface area contributed by atoms with E-state index in [-0.39, 0.29) is 23.8 Å². The van der Waals surface area contributed by atoms with E-state index in [0.29, 0.717) is 16.6 Å². The van der Waals surface area contributed by atoms with E-state index in [1.807, 2.05) is 37.3 Å². The van der Waals surface area contributed by atoms with Gasteiger partial charge in [0.2, 0.25) is 11.8 Å². The number of carbonyl (C=O) groups is 3. The molecule has 1 fully saturated rings. The summed E-state index contributed by atoms with van der Waals surface area (Å²) in [7, 11) is 0. The number of anilines is 1. The molecule has 1 aliphatic rings. The van der Waals surface area contributed by atoms with Gasteiger partial charge in [0.15, 0.2) is 5.17 Å². The van der Waals surface area contributed by atoms with Crippen molar-refractivity contribution in [3.63, 3.8) is 0 Å². The number of thioether (sulfide) groups is 1. The Hall–Kier alpha value is -3.46. The Morgan fingerprint density at radius 3 is 2.45 bits per heavy atom. The Morgan fingerprint density at radius 2 is 1.79 bits per heavy atom. The molecule has 2 amide bonds. The molecule has 1 aliphatic heterocycles. The molecule has 1 saturated heterocycles. The normalized spacial score (nSPS) is 17.8. The van der Waals surface area contributed by atoms with E-state index >= 15 is 0 Å². The maximum atomic E-state index is 12.2. The smallest absolute Gasteiger partial charge is 0.240 e. The van der Waals surface area contributed by atoms with Gasteiger partial charge in [-0.05, 0) is 30.2 Å². The highest BCUT2D eigenvalue weighted by Crippen LogP contribution is 2.23. The van der Waals surface area contributed by atoms with Gasteiger partial charge in [0.25, 0.3) is 0 Å². The summed E-state index contributed by atoms with van der Waals surface area (Å²) in [5.41, 5.74) is 2.07. The first-order valence-electron chi connectivity index (χ1n) is 8.69. The van der Waals surface area contributed by atoms with Crippen LogP contribution in [-0.4, -0.2) is 33.9 Å². The lowest BCUT2D eigenvalue weighted by Crippen LogP contribution is -2.28. The van der Waals surface area contributed by atoms with Crippen molar-refractivity contribution in [2.24, 2.45) is 10.2 Å². The van der Waals surface area contributed by atoms with E-state index in [4.69, 9.17) is 0 Å². The topological polar surface area (TPSA) is 123 Å². The third kappa shape index (κ3) is 5.52. The van der Waals surface area contributed by atoms with Crippen LogP contribution in [0.25, 0.3) is 0 Å². The van der Waals surface area contributed by atoms with Crippen molar-refractivity contribution < 1.29 is 19.5 Å². The number of hydrogen-bond acceptors (Lipinski definition) is 7. The monoisotopic (exact) mass is 409 g/mol. The zero-order chi connectivity index (χ0) is 20.8. The first kappa shape index (κ1) is 20.3. The van der Waals surface area contributed by atoms with Gasteiger partial charge in [0.1, 0.15) is 5.25 Å². The predicted molar refractivity (Wildman–Crippen MR) is 110 cm³/mol. The molecule has 0 unspecified atom stereocenters. The zero-order valence-electron chi connectivity index (χ0n) is 15.4. The average Bonchev–Trinajstić information content (AvgIpc) is 3.06. The molecule has 148 valence electrons. The van der Waals surface area contributed by atoms with E-state index in [1.54, 1.807) is 0 Å².